The maximum atomic E-state index is 10.5. The lowest BCUT2D eigenvalue weighted by Crippen LogP contribution is -1.98. The first-order valence-electron chi connectivity index (χ1n) is 12.4. The van der Waals surface area contributed by atoms with Crippen LogP contribution in [-0.2, 0) is 9.59 Å². The zero-order valence-electron chi connectivity index (χ0n) is 20.9. The summed E-state index contributed by atoms with van der Waals surface area (Å²) in [6, 6.07) is 0. The SMILES string of the molecule is C=C(CCCCCCCC(C)C)C(=O)O.C=C(CCCCCCCCC(C)C)C(=O)O. The molecule has 4 nitrogen and oxygen atoms in total. The molecule has 4 heteroatoms. The molecule has 31 heavy (non-hydrogen) atoms. The Balaban J connectivity index is 0. The van der Waals surface area contributed by atoms with Gasteiger partial charge in [-0.1, -0.05) is 111 Å². The number of rotatable bonds is 19. The summed E-state index contributed by atoms with van der Waals surface area (Å²) in [4.78, 5) is 20.9. The molecule has 0 aromatic rings. The van der Waals surface area contributed by atoms with Crippen molar-refractivity contribution in [3.8, 4) is 0 Å². The van der Waals surface area contributed by atoms with E-state index in [0.29, 0.717) is 24.0 Å². The third-order valence-electron chi connectivity index (χ3n) is 5.37. The van der Waals surface area contributed by atoms with Gasteiger partial charge in [0.15, 0.2) is 0 Å². The van der Waals surface area contributed by atoms with E-state index in [0.717, 1.165) is 37.5 Å². The van der Waals surface area contributed by atoms with Crippen LogP contribution in [0.15, 0.2) is 24.3 Å². The Kier molecular flexibility index (Phi) is 22.1. The highest BCUT2D eigenvalue weighted by Crippen LogP contribution is 2.14. The van der Waals surface area contributed by atoms with E-state index in [1.165, 1.54) is 57.8 Å². The van der Waals surface area contributed by atoms with Crippen molar-refractivity contribution in [2.45, 2.75) is 124 Å². The maximum absolute atomic E-state index is 10.5. The van der Waals surface area contributed by atoms with Crippen LogP contribution in [0.25, 0.3) is 0 Å². The summed E-state index contributed by atoms with van der Waals surface area (Å²) in [6.45, 7) is 16.0. The molecule has 0 aliphatic heterocycles. The van der Waals surface area contributed by atoms with Crippen molar-refractivity contribution in [1.29, 1.82) is 0 Å². The molecule has 0 amide bonds. The largest absolute Gasteiger partial charge is 0.478 e. The summed E-state index contributed by atoms with van der Waals surface area (Å²) < 4.78 is 0. The van der Waals surface area contributed by atoms with E-state index in [1.54, 1.807) is 0 Å². The van der Waals surface area contributed by atoms with E-state index in [1.807, 2.05) is 0 Å². The number of aliphatic carboxylic acids is 2. The smallest absolute Gasteiger partial charge is 0.330 e. The number of hydrogen-bond donors (Lipinski definition) is 2. The Bertz CT molecular complexity index is 491. The molecule has 0 aromatic heterocycles. The summed E-state index contributed by atoms with van der Waals surface area (Å²) in [5, 5.41) is 17.2. The van der Waals surface area contributed by atoms with Crippen LogP contribution in [0.1, 0.15) is 124 Å². The van der Waals surface area contributed by atoms with Crippen LogP contribution < -0.4 is 0 Å². The minimum Gasteiger partial charge on any atom is -0.478 e. The van der Waals surface area contributed by atoms with Gasteiger partial charge in [0, 0.05) is 11.1 Å². The second kappa shape index (κ2) is 21.6. The van der Waals surface area contributed by atoms with E-state index >= 15 is 0 Å². The molecule has 0 saturated heterocycles. The molecule has 182 valence electrons. The molecule has 0 heterocycles. The summed E-state index contributed by atoms with van der Waals surface area (Å²) in [6.07, 6.45) is 17.1. The molecule has 2 N–H and O–H groups in total. The van der Waals surface area contributed by atoms with Crippen molar-refractivity contribution < 1.29 is 19.8 Å². The van der Waals surface area contributed by atoms with Gasteiger partial charge >= 0.3 is 11.9 Å². The first-order valence-corrected chi connectivity index (χ1v) is 12.4. The molecule has 0 aliphatic carbocycles. The average Bonchev–Trinajstić information content (AvgIpc) is 2.68. The second-order valence-electron chi connectivity index (χ2n) is 9.57. The van der Waals surface area contributed by atoms with Gasteiger partial charge in [-0.15, -0.1) is 0 Å². The third kappa shape index (κ3) is 26.4. The van der Waals surface area contributed by atoms with Crippen LogP contribution in [0.5, 0.6) is 0 Å². The first kappa shape index (κ1) is 31.6. The summed E-state index contributed by atoms with van der Waals surface area (Å²) in [7, 11) is 0. The maximum Gasteiger partial charge on any atom is 0.330 e. The van der Waals surface area contributed by atoms with E-state index in [-0.39, 0.29) is 0 Å². The molecule has 0 bridgehead atoms. The third-order valence-corrected chi connectivity index (χ3v) is 5.37. The Hall–Kier alpha value is -1.58. The highest BCUT2D eigenvalue weighted by molar-refractivity contribution is 5.85. The Morgan fingerprint density at radius 3 is 1.06 bits per heavy atom. The van der Waals surface area contributed by atoms with Crippen molar-refractivity contribution in [3.05, 3.63) is 24.3 Å². The Morgan fingerprint density at radius 1 is 0.548 bits per heavy atom. The molecule has 0 aromatic carbocycles. The number of hydrogen-bond acceptors (Lipinski definition) is 2. The number of carbonyl (C=O) groups is 2. The molecule has 0 aliphatic rings. The topological polar surface area (TPSA) is 74.6 Å². The van der Waals surface area contributed by atoms with Crippen LogP contribution in [0.2, 0.25) is 0 Å². The lowest BCUT2D eigenvalue weighted by Gasteiger charge is -2.04. The molecule has 0 rings (SSSR count). The zero-order valence-corrected chi connectivity index (χ0v) is 20.9. The van der Waals surface area contributed by atoms with Gasteiger partial charge in [0.2, 0.25) is 0 Å². The minimum absolute atomic E-state index is 0.345. The quantitative estimate of drug-likeness (QED) is 0.157. The predicted molar refractivity (Wildman–Crippen MR) is 132 cm³/mol. The molecule has 0 fully saturated rings. The normalized spacial score (nSPS) is 10.6. The fraction of sp³-hybridized carbons (Fsp3) is 0.778. The van der Waals surface area contributed by atoms with Crippen LogP contribution in [-0.4, -0.2) is 22.2 Å². The van der Waals surface area contributed by atoms with E-state index in [2.05, 4.69) is 40.9 Å². The summed E-state index contributed by atoms with van der Waals surface area (Å²) >= 11 is 0. The lowest BCUT2D eigenvalue weighted by molar-refractivity contribution is -0.133. The van der Waals surface area contributed by atoms with E-state index in [4.69, 9.17) is 10.2 Å². The van der Waals surface area contributed by atoms with Crippen LogP contribution in [0.4, 0.5) is 0 Å². The van der Waals surface area contributed by atoms with Gasteiger partial charge in [0.05, 0.1) is 0 Å². The minimum atomic E-state index is -0.852. The van der Waals surface area contributed by atoms with E-state index < -0.39 is 11.9 Å². The predicted octanol–water partition coefficient (Wildman–Crippen LogP) is 8.42. The molecule has 0 atom stereocenters. The molecule has 0 unspecified atom stereocenters. The van der Waals surface area contributed by atoms with Crippen molar-refractivity contribution in [3.63, 3.8) is 0 Å². The molecule has 0 saturated carbocycles. The van der Waals surface area contributed by atoms with Gasteiger partial charge in [0.25, 0.3) is 0 Å². The van der Waals surface area contributed by atoms with E-state index in [9.17, 15) is 9.59 Å². The molecule has 0 spiro atoms. The van der Waals surface area contributed by atoms with Gasteiger partial charge in [-0.3, -0.25) is 0 Å². The molecule has 0 radical (unpaired) electrons. The van der Waals surface area contributed by atoms with Gasteiger partial charge in [-0.25, -0.2) is 9.59 Å². The summed E-state index contributed by atoms with van der Waals surface area (Å²) in [5.41, 5.74) is 0.692. The highest BCUT2D eigenvalue weighted by atomic mass is 16.4. The molecular formula is C27H50O4. The fourth-order valence-electron chi connectivity index (χ4n) is 3.23. The molecular weight excluding hydrogens is 388 g/mol. The van der Waals surface area contributed by atoms with Gasteiger partial charge in [0.1, 0.15) is 0 Å². The lowest BCUT2D eigenvalue weighted by atomic mass is 10.0. The number of carboxylic acids is 2. The number of unbranched alkanes of at least 4 members (excludes halogenated alkanes) is 9. The second-order valence-corrected chi connectivity index (χ2v) is 9.57. The fourth-order valence-corrected chi connectivity index (χ4v) is 3.23. The Labute approximate surface area is 192 Å². The Morgan fingerprint density at radius 2 is 0.806 bits per heavy atom. The zero-order chi connectivity index (χ0) is 24.1. The first-order chi connectivity index (χ1) is 14.6. The van der Waals surface area contributed by atoms with Crippen molar-refractivity contribution in [2.24, 2.45) is 11.8 Å². The number of carboxylic acid groups (broad SMARTS) is 2. The average molecular weight is 439 g/mol. The standard InChI is InChI=1S/C14H26O2.C13H24O2/c1-12(2)10-8-6-4-5-7-9-11-13(3)14(15)16;1-11(2)9-7-5-4-6-8-10-12(3)13(14)15/h12H,3-11H2,1-2H3,(H,15,16);11H,3-10H2,1-2H3,(H,14,15). The summed E-state index contributed by atoms with van der Waals surface area (Å²) in [5.74, 6) is -0.0811. The highest BCUT2D eigenvalue weighted by Gasteiger charge is 2.03. The van der Waals surface area contributed by atoms with Crippen LogP contribution in [0.3, 0.4) is 0 Å². The van der Waals surface area contributed by atoms with Crippen LogP contribution in [0, 0.1) is 11.8 Å². The van der Waals surface area contributed by atoms with Crippen molar-refractivity contribution in [1.82, 2.24) is 0 Å². The van der Waals surface area contributed by atoms with Crippen molar-refractivity contribution in [2.75, 3.05) is 0 Å². The van der Waals surface area contributed by atoms with Gasteiger partial charge in [-0.2, -0.15) is 0 Å². The monoisotopic (exact) mass is 438 g/mol. The van der Waals surface area contributed by atoms with Crippen molar-refractivity contribution >= 4 is 11.9 Å². The van der Waals surface area contributed by atoms with Gasteiger partial charge < -0.3 is 10.2 Å². The van der Waals surface area contributed by atoms with Gasteiger partial charge in [-0.05, 0) is 37.5 Å². The van der Waals surface area contributed by atoms with Crippen LogP contribution >= 0.6 is 0 Å².